The van der Waals surface area contributed by atoms with Gasteiger partial charge in [0.2, 0.25) is 5.91 Å². The zero-order valence-corrected chi connectivity index (χ0v) is 10.0. The van der Waals surface area contributed by atoms with E-state index in [1.165, 1.54) is 6.42 Å². The lowest BCUT2D eigenvalue weighted by Crippen LogP contribution is -2.37. The molecule has 2 fully saturated rings. The highest BCUT2D eigenvalue weighted by molar-refractivity contribution is 5.79. The van der Waals surface area contributed by atoms with E-state index in [1.807, 2.05) is 0 Å². The molecule has 2 bridgehead atoms. The third kappa shape index (κ3) is 2.96. The van der Waals surface area contributed by atoms with Crippen LogP contribution in [0.25, 0.3) is 0 Å². The number of amides is 1. The maximum absolute atomic E-state index is 12.0. The molecule has 0 aromatic rings. The standard InChI is InChI=1S/C12H18F3NO2/c13-12(14,15)10(17)3-4-16-11(18)9-6-7-1-2-8(9)5-7/h7-10,17H,1-6H2,(H,16,18). The number of aliphatic hydroxyl groups is 1. The van der Waals surface area contributed by atoms with Crippen molar-refractivity contribution >= 4 is 5.91 Å². The summed E-state index contributed by atoms with van der Waals surface area (Å²) in [4.78, 5) is 11.8. The molecule has 2 saturated carbocycles. The Labute approximate surface area is 104 Å². The minimum Gasteiger partial charge on any atom is -0.384 e. The summed E-state index contributed by atoms with van der Waals surface area (Å²) in [5.74, 6) is 0.886. The molecule has 4 unspecified atom stereocenters. The molecule has 2 aliphatic carbocycles. The smallest absolute Gasteiger partial charge is 0.384 e. The quantitative estimate of drug-likeness (QED) is 0.815. The number of alkyl halides is 3. The number of rotatable bonds is 4. The van der Waals surface area contributed by atoms with E-state index in [0.29, 0.717) is 11.8 Å². The number of nitrogens with one attached hydrogen (secondary N) is 1. The van der Waals surface area contributed by atoms with Gasteiger partial charge < -0.3 is 10.4 Å². The fourth-order valence-electron chi connectivity index (χ4n) is 3.19. The predicted molar refractivity (Wildman–Crippen MR) is 58.6 cm³/mol. The highest BCUT2D eigenvalue weighted by Gasteiger charge is 2.43. The summed E-state index contributed by atoms with van der Waals surface area (Å²) in [6.45, 7) is -0.118. The van der Waals surface area contributed by atoms with Crippen molar-refractivity contribution < 1.29 is 23.1 Å². The molecule has 0 aromatic carbocycles. The summed E-state index contributed by atoms with van der Waals surface area (Å²) >= 11 is 0. The maximum Gasteiger partial charge on any atom is 0.414 e. The molecule has 3 nitrogen and oxygen atoms in total. The molecule has 2 aliphatic rings. The molecule has 6 heteroatoms. The van der Waals surface area contributed by atoms with Crippen LogP contribution in [0.4, 0.5) is 13.2 Å². The minimum absolute atomic E-state index is 0.0215. The Kier molecular flexibility index (Phi) is 3.84. The number of aliphatic hydroxyl groups excluding tert-OH is 1. The fraction of sp³-hybridized carbons (Fsp3) is 0.917. The molecular formula is C12H18F3NO2. The average molecular weight is 265 g/mol. The van der Waals surface area contributed by atoms with Crippen LogP contribution in [0.2, 0.25) is 0 Å². The van der Waals surface area contributed by atoms with Crippen molar-refractivity contribution in [2.24, 2.45) is 17.8 Å². The zero-order chi connectivity index (χ0) is 13.3. The van der Waals surface area contributed by atoms with Crippen molar-refractivity contribution in [3.05, 3.63) is 0 Å². The van der Waals surface area contributed by atoms with Crippen molar-refractivity contribution in [2.75, 3.05) is 6.54 Å². The van der Waals surface area contributed by atoms with Crippen LogP contribution in [-0.4, -0.2) is 29.8 Å². The molecule has 0 aliphatic heterocycles. The van der Waals surface area contributed by atoms with Gasteiger partial charge in [0.1, 0.15) is 0 Å². The van der Waals surface area contributed by atoms with Crippen molar-refractivity contribution in [2.45, 2.75) is 44.4 Å². The van der Waals surface area contributed by atoms with Crippen LogP contribution in [-0.2, 0) is 4.79 Å². The minimum atomic E-state index is -4.60. The third-order valence-corrected chi connectivity index (χ3v) is 4.17. The molecule has 0 spiro atoms. The van der Waals surface area contributed by atoms with Gasteiger partial charge in [0, 0.05) is 12.5 Å². The Hall–Kier alpha value is -0.780. The zero-order valence-electron chi connectivity index (χ0n) is 10.0. The van der Waals surface area contributed by atoms with Crippen LogP contribution in [0.1, 0.15) is 32.1 Å². The molecule has 0 saturated heterocycles. The van der Waals surface area contributed by atoms with Crippen molar-refractivity contribution in [1.29, 1.82) is 0 Å². The van der Waals surface area contributed by atoms with E-state index in [1.54, 1.807) is 0 Å². The first-order valence-corrected chi connectivity index (χ1v) is 6.40. The van der Waals surface area contributed by atoms with E-state index in [9.17, 15) is 18.0 Å². The Balaban J connectivity index is 1.70. The van der Waals surface area contributed by atoms with Crippen LogP contribution >= 0.6 is 0 Å². The molecular weight excluding hydrogens is 247 g/mol. The summed E-state index contributed by atoms with van der Waals surface area (Å²) in [5.41, 5.74) is 0. The van der Waals surface area contributed by atoms with Gasteiger partial charge in [-0.05, 0) is 37.5 Å². The first-order chi connectivity index (χ1) is 8.38. The van der Waals surface area contributed by atoms with Gasteiger partial charge in [-0.3, -0.25) is 4.79 Å². The van der Waals surface area contributed by atoms with Crippen LogP contribution in [0.15, 0.2) is 0 Å². The molecule has 4 atom stereocenters. The third-order valence-electron chi connectivity index (χ3n) is 4.17. The Morgan fingerprint density at radius 2 is 2.06 bits per heavy atom. The van der Waals surface area contributed by atoms with Gasteiger partial charge >= 0.3 is 6.18 Å². The lowest BCUT2D eigenvalue weighted by molar-refractivity contribution is -0.205. The van der Waals surface area contributed by atoms with Crippen LogP contribution in [0, 0.1) is 17.8 Å². The van der Waals surface area contributed by atoms with Crippen molar-refractivity contribution in [3.63, 3.8) is 0 Å². The first-order valence-electron chi connectivity index (χ1n) is 6.40. The highest BCUT2D eigenvalue weighted by Crippen LogP contribution is 2.48. The molecule has 0 heterocycles. The summed E-state index contributed by atoms with van der Waals surface area (Å²) in [6, 6.07) is 0. The lowest BCUT2D eigenvalue weighted by Gasteiger charge is -2.21. The second-order valence-corrected chi connectivity index (χ2v) is 5.42. The maximum atomic E-state index is 12.0. The normalized spacial score (nSPS) is 32.6. The molecule has 104 valence electrons. The van der Waals surface area contributed by atoms with Crippen LogP contribution in [0.3, 0.4) is 0 Å². The highest BCUT2D eigenvalue weighted by atomic mass is 19.4. The Bertz CT molecular complexity index is 319. The van der Waals surface area contributed by atoms with Gasteiger partial charge in [-0.15, -0.1) is 0 Å². The molecule has 18 heavy (non-hydrogen) atoms. The van der Waals surface area contributed by atoms with Gasteiger partial charge in [0.05, 0.1) is 0 Å². The molecule has 1 amide bonds. The Morgan fingerprint density at radius 1 is 1.33 bits per heavy atom. The average Bonchev–Trinajstić information content (AvgIpc) is 2.88. The van der Waals surface area contributed by atoms with Crippen molar-refractivity contribution in [1.82, 2.24) is 5.32 Å². The number of fused-ring (bicyclic) bond motifs is 2. The number of carbonyl (C=O) groups is 1. The number of hydrogen-bond donors (Lipinski definition) is 2. The van der Waals surface area contributed by atoms with E-state index in [4.69, 9.17) is 5.11 Å². The SMILES string of the molecule is O=C(NCCC(O)C(F)(F)F)C1CC2CCC1C2. The number of carbonyl (C=O) groups excluding carboxylic acids is 1. The van der Waals surface area contributed by atoms with E-state index in [-0.39, 0.29) is 18.4 Å². The summed E-state index contributed by atoms with van der Waals surface area (Å²) in [7, 11) is 0. The van der Waals surface area contributed by atoms with Crippen LogP contribution in [0.5, 0.6) is 0 Å². The second kappa shape index (κ2) is 5.07. The van der Waals surface area contributed by atoms with Crippen molar-refractivity contribution in [3.8, 4) is 0 Å². The predicted octanol–water partition coefficient (Wildman–Crippen LogP) is 1.85. The summed E-state index contributed by atoms with van der Waals surface area (Å²) in [6.07, 6.45) is -3.22. The van der Waals surface area contributed by atoms with E-state index >= 15 is 0 Å². The largest absolute Gasteiger partial charge is 0.414 e. The topological polar surface area (TPSA) is 49.3 Å². The van der Waals surface area contributed by atoms with Gasteiger partial charge in [0.15, 0.2) is 6.10 Å². The molecule has 0 aromatic heterocycles. The first kappa shape index (κ1) is 13.6. The van der Waals surface area contributed by atoms with Gasteiger partial charge in [-0.25, -0.2) is 0 Å². The van der Waals surface area contributed by atoms with E-state index < -0.39 is 18.7 Å². The van der Waals surface area contributed by atoms with Gasteiger partial charge in [0.25, 0.3) is 0 Å². The molecule has 0 radical (unpaired) electrons. The van der Waals surface area contributed by atoms with E-state index in [0.717, 1.165) is 19.3 Å². The molecule has 2 N–H and O–H groups in total. The van der Waals surface area contributed by atoms with E-state index in [2.05, 4.69) is 5.32 Å². The fourth-order valence-corrected chi connectivity index (χ4v) is 3.19. The van der Waals surface area contributed by atoms with Crippen LogP contribution < -0.4 is 5.32 Å². The lowest BCUT2D eigenvalue weighted by atomic mass is 9.88. The Morgan fingerprint density at radius 3 is 2.56 bits per heavy atom. The molecule has 2 rings (SSSR count). The summed E-state index contributed by atoms with van der Waals surface area (Å²) in [5, 5.41) is 11.3. The summed E-state index contributed by atoms with van der Waals surface area (Å²) < 4.78 is 36.1. The van der Waals surface area contributed by atoms with Gasteiger partial charge in [-0.1, -0.05) is 6.42 Å². The number of halogens is 3. The monoisotopic (exact) mass is 265 g/mol. The number of hydrogen-bond acceptors (Lipinski definition) is 2. The van der Waals surface area contributed by atoms with Gasteiger partial charge in [-0.2, -0.15) is 13.2 Å². The second-order valence-electron chi connectivity index (χ2n) is 5.42.